The Morgan fingerprint density at radius 3 is 2.65 bits per heavy atom. The van der Waals surface area contributed by atoms with Gasteiger partial charge in [0, 0.05) is 12.1 Å². The summed E-state index contributed by atoms with van der Waals surface area (Å²) in [5.74, 6) is -0.151. The van der Waals surface area contributed by atoms with Crippen LogP contribution in [0.25, 0.3) is 6.08 Å². The maximum absolute atomic E-state index is 11.8. The maximum atomic E-state index is 11.8. The van der Waals surface area contributed by atoms with Gasteiger partial charge in [-0.1, -0.05) is 35.3 Å². The molecule has 0 atom stereocenters. The van der Waals surface area contributed by atoms with Crippen LogP contribution in [0.3, 0.4) is 0 Å². The van der Waals surface area contributed by atoms with E-state index < -0.39 is 0 Å². The summed E-state index contributed by atoms with van der Waals surface area (Å²) < 4.78 is 0. The number of aliphatic hydroxyl groups excluding tert-OH is 1. The largest absolute Gasteiger partial charge is 0.393 e. The zero-order chi connectivity index (χ0) is 14.5. The van der Waals surface area contributed by atoms with E-state index in [0.29, 0.717) is 15.6 Å². The molecule has 1 aromatic carbocycles. The quantitative estimate of drug-likeness (QED) is 0.840. The van der Waals surface area contributed by atoms with E-state index in [-0.39, 0.29) is 18.1 Å². The molecule has 1 saturated carbocycles. The normalized spacial score (nSPS) is 22.9. The van der Waals surface area contributed by atoms with E-state index in [1.807, 2.05) is 0 Å². The molecule has 2 rings (SSSR count). The van der Waals surface area contributed by atoms with Gasteiger partial charge in [-0.3, -0.25) is 4.79 Å². The fourth-order valence-corrected chi connectivity index (χ4v) is 2.65. The minimum atomic E-state index is -0.219. The molecule has 0 saturated heterocycles. The third-order valence-corrected chi connectivity index (χ3v) is 4.27. The van der Waals surface area contributed by atoms with Crippen LogP contribution in [0.15, 0.2) is 24.3 Å². The molecule has 1 amide bonds. The summed E-state index contributed by atoms with van der Waals surface area (Å²) >= 11 is 12.0. The summed E-state index contributed by atoms with van der Waals surface area (Å²) in [5.41, 5.74) is 0.716. The van der Waals surface area contributed by atoms with Gasteiger partial charge in [-0.25, -0.2) is 0 Å². The van der Waals surface area contributed by atoms with Crippen LogP contribution in [-0.2, 0) is 4.79 Å². The Morgan fingerprint density at radius 1 is 1.25 bits per heavy atom. The SMILES string of the molecule is O=C(C=Cc1cccc(Cl)c1Cl)NC1CCC(O)CC1. The van der Waals surface area contributed by atoms with Crippen molar-refractivity contribution in [3.63, 3.8) is 0 Å². The average Bonchev–Trinajstić information content (AvgIpc) is 2.43. The van der Waals surface area contributed by atoms with Crippen LogP contribution in [0.5, 0.6) is 0 Å². The van der Waals surface area contributed by atoms with E-state index in [9.17, 15) is 9.90 Å². The molecule has 1 aliphatic rings. The maximum Gasteiger partial charge on any atom is 0.244 e. The third-order valence-electron chi connectivity index (χ3n) is 3.44. The highest BCUT2D eigenvalue weighted by Crippen LogP contribution is 2.26. The molecule has 0 unspecified atom stereocenters. The van der Waals surface area contributed by atoms with Gasteiger partial charge in [0.25, 0.3) is 0 Å². The van der Waals surface area contributed by atoms with Crippen LogP contribution < -0.4 is 5.32 Å². The molecule has 3 nitrogen and oxygen atoms in total. The highest BCUT2D eigenvalue weighted by Gasteiger charge is 2.19. The number of benzene rings is 1. The number of hydrogen-bond donors (Lipinski definition) is 2. The lowest BCUT2D eigenvalue weighted by atomic mass is 9.93. The molecule has 0 radical (unpaired) electrons. The van der Waals surface area contributed by atoms with E-state index in [1.165, 1.54) is 6.08 Å². The summed E-state index contributed by atoms with van der Waals surface area (Å²) in [6, 6.07) is 5.43. The van der Waals surface area contributed by atoms with E-state index in [2.05, 4.69) is 5.32 Å². The molecule has 1 fully saturated rings. The molecule has 2 N–H and O–H groups in total. The smallest absolute Gasteiger partial charge is 0.244 e. The van der Waals surface area contributed by atoms with Crippen molar-refractivity contribution in [3.8, 4) is 0 Å². The van der Waals surface area contributed by atoms with E-state index in [4.69, 9.17) is 23.2 Å². The standard InChI is InChI=1S/C15H17Cl2NO2/c16-13-3-1-2-10(15(13)17)4-9-14(20)18-11-5-7-12(19)8-6-11/h1-4,9,11-12,19H,5-8H2,(H,18,20). The van der Waals surface area contributed by atoms with Crippen molar-refractivity contribution in [3.05, 3.63) is 39.9 Å². The minimum Gasteiger partial charge on any atom is -0.393 e. The summed E-state index contributed by atoms with van der Waals surface area (Å²) in [7, 11) is 0. The molecule has 1 aromatic rings. The number of aliphatic hydroxyl groups is 1. The fraction of sp³-hybridized carbons (Fsp3) is 0.400. The molecular formula is C15H17Cl2NO2. The minimum absolute atomic E-state index is 0.144. The third kappa shape index (κ3) is 4.23. The Hall–Kier alpha value is -1.03. The van der Waals surface area contributed by atoms with Gasteiger partial charge in [0.15, 0.2) is 0 Å². The molecule has 0 aliphatic heterocycles. The first-order valence-electron chi connectivity index (χ1n) is 6.67. The number of carbonyl (C=O) groups is 1. The monoisotopic (exact) mass is 313 g/mol. The Kier molecular flexibility index (Phi) is 5.46. The zero-order valence-corrected chi connectivity index (χ0v) is 12.5. The van der Waals surface area contributed by atoms with Crippen LogP contribution in [0, 0.1) is 0 Å². The van der Waals surface area contributed by atoms with Crippen molar-refractivity contribution in [2.24, 2.45) is 0 Å². The molecule has 5 heteroatoms. The van der Waals surface area contributed by atoms with Gasteiger partial charge >= 0.3 is 0 Å². The number of carbonyl (C=O) groups excluding carboxylic acids is 1. The lowest BCUT2D eigenvalue weighted by molar-refractivity contribution is -0.117. The van der Waals surface area contributed by atoms with Crippen molar-refractivity contribution >= 4 is 35.2 Å². The predicted molar refractivity (Wildman–Crippen MR) is 81.9 cm³/mol. The van der Waals surface area contributed by atoms with Crippen LogP contribution in [0.4, 0.5) is 0 Å². The fourth-order valence-electron chi connectivity index (χ4n) is 2.28. The van der Waals surface area contributed by atoms with Gasteiger partial charge in [0.05, 0.1) is 16.1 Å². The Labute approximate surface area is 128 Å². The van der Waals surface area contributed by atoms with Crippen molar-refractivity contribution in [2.45, 2.75) is 37.8 Å². The van der Waals surface area contributed by atoms with Crippen molar-refractivity contribution < 1.29 is 9.90 Å². The van der Waals surface area contributed by atoms with Crippen molar-refractivity contribution in [1.29, 1.82) is 0 Å². The van der Waals surface area contributed by atoms with E-state index in [0.717, 1.165) is 25.7 Å². The lowest BCUT2D eigenvalue weighted by Crippen LogP contribution is -2.37. The highest BCUT2D eigenvalue weighted by atomic mass is 35.5. The van der Waals surface area contributed by atoms with Crippen molar-refractivity contribution in [2.75, 3.05) is 0 Å². The number of halogens is 2. The molecule has 1 aliphatic carbocycles. The molecule has 0 aromatic heterocycles. The number of amides is 1. The number of hydrogen-bond acceptors (Lipinski definition) is 2. The van der Waals surface area contributed by atoms with Crippen LogP contribution in [0.1, 0.15) is 31.2 Å². The van der Waals surface area contributed by atoms with Crippen molar-refractivity contribution in [1.82, 2.24) is 5.32 Å². The zero-order valence-electron chi connectivity index (χ0n) is 11.0. The van der Waals surface area contributed by atoms with Gasteiger partial charge in [-0.15, -0.1) is 0 Å². The summed E-state index contributed by atoms with van der Waals surface area (Å²) in [4.78, 5) is 11.8. The van der Waals surface area contributed by atoms with Gasteiger partial charge in [-0.05, 0) is 43.4 Å². The first kappa shape index (κ1) is 15.4. The first-order valence-corrected chi connectivity index (χ1v) is 7.42. The second kappa shape index (κ2) is 7.11. The second-order valence-corrected chi connectivity index (χ2v) is 5.78. The summed E-state index contributed by atoms with van der Waals surface area (Å²) in [6.45, 7) is 0. The van der Waals surface area contributed by atoms with E-state index >= 15 is 0 Å². The van der Waals surface area contributed by atoms with Crippen LogP contribution >= 0.6 is 23.2 Å². The van der Waals surface area contributed by atoms with Gasteiger partial charge in [-0.2, -0.15) is 0 Å². The number of nitrogens with one attached hydrogen (secondary N) is 1. The Bertz CT molecular complexity index is 509. The summed E-state index contributed by atoms with van der Waals surface area (Å²) in [6.07, 6.45) is 6.02. The molecular weight excluding hydrogens is 297 g/mol. The topological polar surface area (TPSA) is 49.3 Å². The van der Waals surface area contributed by atoms with Crippen LogP contribution in [0.2, 0.25) is 10.0 Å². The molecule has 0 spiro atoms. The van der Waals surface area contributed by atoms with Gasteiger partial charge in [0.2, 0.25) is 5.91 Å². The second-order valence-electron chi connectivity index (χ2n) is 4.99. The predicted octanol–water partition coefficient (Wildman–Crippen LogP) is 3.43. The molecule has 0 bridgehead atoms. The molecule has 0 heterocycles. The average molecular weight is 314 g/mol. The first-order chi connectivity index (χ1) is 9.56. The van der Waals surface area contributed by atoms with Gasteiger partial charge < -0.3 is 10.4 Å². The lowest BCUT2D eigenvalue weighted by Gasteiger charge is -2.25. The van der Waals surface area contributed by atoms with E-state index in [1.54, 1.807) is 24.3 Å². The van der Waals surface area contributed by atoms with Gasteiger partial charge in [0.1, 0.15) is 0 Å². The number of rotatable bonds is 3. The molecule has 108 valence electrons. The highest BCUT2D eigenvalue weighted by molar-refractivity contribution is 6.42. The Morgan fingerprint density at radius 2 is 1.95 bits per heavy atom. The van der Waals surface area contributed by atoms with Crippen LogP contribution in [-0.4, -0.2) is 23.2 Å². The summed E-state index contributed by atoms with van der Waals surface area (Å²) in [5, 5.41) is 13.3. The molecule has 20 heavy (non-hydrogen) atoms. The Balaban J connectivity index is 1.91.